The van der Waals surface area contributed by atoms with E-state index in [0.29, 0.717) is 12.2 Å². The molecule has 1 fully saturated rings. The van der Waals surface area contributed by atoms with E-state index >= 15 is 0 Å². The van der Waals surface area contributed by atoms with E-state index in [2.05, 4.69) is 11.9 Å². The highest BCUT2D eigenvalue weighted by atomic mass is 16.5. The maximum Gasteiger partial charge on any atom is 0.295 e. The number of pyridine rings is 1. The third-order valence-corrected chi connectivity index (χ3v) is 5.93. The van der Waals surface area contributed by atoms with Crippen LogP contribution in [0, 0.1) is 6.92 Å². The lowest BCUT2D eigenvalue weighted by molar-refractivity contribution is -0.140. The number of hydrogen-bond acceptors (Lipinski definition) is 5. The normalized spacial score (nSPS) is 17.2. The molecule has 0 spiro atoms. The highest BCUT2D eigenvalue weighted by Crippen LogP contribution is 2.40. The molecule has 0 aliphatic carbocycles. The standard InChI is InChI=1S/C28H28N2O4/c1-3-4-15-34-23-13-12-22(16-19(23)2)26(31)24-25(21-10-6-5-7-11-21)30(28(33)27(24)32)18-20-9-8-14-29-17-20/h5-14,16-17,25,31H,3-4,15,18H2,1-2H3/t25-/m0/s1. The lowest BCUT2D eigenvalue weighted by Gasteiger charge is -2.25. The molecule has 1 aromatic heterocycles. The van der Waals surface area contributed by atoms with Crippen molar-refractivity contribution < 1.29 is 19.4 Å². The average Bonchev–Trinajstić information content (AvgIpc) is 3.11. The lowest BCUT2D eigenvalue weighted by atomic mass is 9.94. The van der Waals surface area contributed by atoms with Gasteiger partial charge in [-0.1, -0.05) is 49.7 Å². The Bertz CT molecular complexity index is 1210. The molecule has 0 bridgehead atoms. The Hall–Kier alpha value is -3.93. The van der Waals surface area contributed by atoms with Crippen LogP contribution in [0.4, 0.5) is 0 Å². The molecule has 34 heavy (non-hydrogen) atoms. The van der Waals surface area contributed by atoms with Crippen LogP contribution in [0.15, 0.2) is 78.6 Å². The van der Waals surface area contributed by atoms with Crippen molar-refractivity contribution in [3.05, 3.63) is 101 Å². The maximum atomic E-state index is 13.2. The van der Waals surface area contributed by atoms with E-state index in [1.54, 1.807) is 36.7 Å². The Labute approximate surface area is 199 Å². The van der Waals surface area contributed by atoms with E-state index in [1.807, 2.05) is 43.3 Å². The maximum absolute atomic E-state index is 13.2. The van der Waals surface area contributed by atoms with Gasteiger partial charge in [-0.05, 0) is 54.3 Å². The van der Waals surface area contributed by atoms with Gasteiger partial charge in [-0.3, -0.25) is 14.6 Å². The monoisotopic (exact) mass is 456 g/mol. The number of nitrogens with zero attached hydrogens (tertiary/aromatic N) is 2. The zero-order valence-corrected chi connectivity index (χ0v) is 19.4. The van der Waals surface area contributed by atoms with Gasteiger partial charge in [-0.15, -0.1) is 0 Å². The second kappa shape index (κ2) is 10.3. The fourth-order valence-electron chi connectivity index (χ4n) is 4.15. The minimum Gasteiger partial charge on any atom is -0.507 e. The number of carbonyl (C=O) groups excluding carboxylic acids is 2. The molecule has 2 aromatic carbocycles. The van der Waals surface area contributed by atoms with Crippen molar-refractivity contribution in [2.75, 3.05) is 6.61 Å². The summed E-state index contributed by atoms with van der Waals surface area (Å²) < 4.78 is 5.82. The number of ketones is 1. The van der Waals surface area contributed by atoms with Gasteiger partial charge in [0.1, 0.15) is 11.5 Å². The summed E-state index contributed by atoms with van der Waals surface area (Å²) >= 11 is 0. The molecular weight excluding hydrogens is 428 g/mol. The van der Waals surface area contributed by atoms with Crippen molar-refractivity contribution >= 4 is 17.4 Å². The largest absolute Gasteiger partial charge is 0.507 e. The number of benzene rings is 2. The Morgan fingerprint density at radius 3 is 2.56 bits per heavy atom. The van der Waals surface area contributed by atoms with E-state index < -0.39 is 17.7 Å². The third kappa shape index (κ3) is 4.71. The Morgan fingerprint density at radius 1 is 1.09 bits per heavy atom. The summed E-state index contributed by atoms with van der Waals surface area (Å²) in [5, 5.41) is 11.3. The minimum atomic E-state index is -0.706. The fraction of sp³-hybridized carbons (Fsp3) is 0.250. The van der Waals surface area contributed by atoms with Gasteiger partial charge in [0.05, 0.1) is 18.2 Å². The Morgan fingerprint density at radius 2 is 1.88 bits per heavy atom. The van der Waals surface area contributed by atoms with Crippen LogP contribution in [-0.2, 0) is 16.1 Å². The number of aliphatic hydroxyl groups excluding tert-OH is 1. The first-order chi connectivity index (χ1) is 16.5. The highest BCUT2D eigenvalue weighted by Gasteiger charge is 2.46. The number of ether oxygens (including phenoxy) is 1. The quantitative estimate of drug-likeness (QED) is 0.218. The van der Waals surface area contributed by atoms with Crippen LogP contribution >= 0.6 is 0 Å². The topological polar surface area (TPSA) is 79.7 Å². The highest BCUT2D eigenvalue weighted by molar-refractivity contribution is 6.46. The van der Waals surface area contributed by atoms with E-state index in [9.17, 15) is 14.7 Å². The first-order valence-electron chi connectivity index (χ1n) is 11.5. The number of rotatable bonds is 8. The summed E-state index contributed by atoms with van der Waals surface area (Å²) in [5.74, 6) is -0.794. The molecule has 1 atom stereocenters. The van der Waals surface area contributed by atoms with Crippen LogP contribution in [0.1, 0.15) is 48.1 Å². The van der Waals surface area contributed by atoms with Crippen molar-refractivity contribution in [2.45, 2.75) is 39.3 Å². The number of aliphatic hydroxyl groups is 1. The number of hydrogen-bond donors (Lipinski definition) is 1. The summed E-state index contributed by atoms with van der Waals surface area (Å²) in [6.07, 6.45) is 5.32. The van der Waals surface area contributed by atoms with Crippen LogP contribution in [0.5, 0.6) is 5.75 Å². The fourth-order valence-corrected chi connectivity index (χ4v) is 4.15. The average molecular weight is 457 g/mol. The van der Waals surface area contributed by atoms with E-state index in [1.165, 1.54) is 4.90 Å². The van der Waals surface area contributed by atoms with Gasteiger partial charge >= 0.3 is 0 Å². The SMILES string of the molecule is CCCCOc1ccc(C(O)=C2C(=O)C(=O)N(Cc3cccnc3)[C@H]2c2ccccc2)cc1C. The van der Waals surface area contributed by atoms with Crippen LogP contribution in [0.2, 0.25) is 0 Å². The third-order valence-electron chi connectivity index (χ3n) is 5.93. The number of unbranched alkanes of at least 4 members (excludes halogenated alkanes) is 1. The molecule has 4 rings (SSSR count). The van der Waals surface area contributed by atoms with Crippen LogP contribution in [-0.4, -0.2) is 33.3 Å². The molecule has 1 aliphatic heterocycles. The molecule has 0 unspecified atom stereocenters. The molecule has 1 N–H and O–H groups in total. The molecule has 1 amide bonds. The van der Waals surface area contributed by atoms with Crippen molar-refractivity contribution in [3.63, 3.8) is 0 Å². The Kier molecular flexibility index (Phi) is 7.07. The number of aromatic nitrogens is 1. The van der Waals surface area contributed by atoms with Crippen LogP contribution in [0.3, 0.4) is 0 Å². The molecule has 3 aromatic rings. The van der Waals surface area contributed by atoms with Crippen LogP contribution in [0.25, 0.3) is 5.76 Å². The minimum absolute atomic E-state index is 0.0825. The van der Waals surface area contributed by atoms with E-state index in [-0.39, 0.29) is 17.9 Å². The number of Topliss-reactive ketones (excluding diaryl/α,β-unsaturated/α-hetero) is 1. The molecule has 6 nitrogen and oxygen atoms in total. The number of carbonyl (C=O) groups is 2. The summed E-state index contributed by atoms with van der Waals surface area (Å²) in [5.41, 5.74) is 2.96. The van der Waals surface area contributed by atoms with Gasteiger partial charge in [0.2, 0.25) is 0 Å². The molecule has 174 valence electrons. The number of likely N-dealkylation sites (tertiary alicyclic amines) is 1. The first kappa shape index (κ1) is 23.2. The zero-order valence-electron chi connectivity index (χ0n) is 19.4. The summed E-state index contributed by atoms with van der Waals surface area (Å²) in [4.78, 5) is 31.9. The molecule has 6 heteroatoms. The van der Waals surface area contributed by atoms with Crippen molar-refractivity contribution in [1.82, 2.24) is 9.88 Å². The lowest BCUT2D eigenvalue weighted by Crippen LogP contribution is -2.29. The molecule has 1 saturated heterocycles. The predicted octanol–water partition coefficient (Wildman–Crippen LogP) is 5.19. The Balaban J connectivity index is 1.76. The second-order valence-electron chi connectivity index (χ2n) is 8.38. The zero-order chi connectivity index (χ0) is 24.1. The summed E-state index contributed by atoms with van der Waals surface area (Å²) in [6, 6.07) is 17.5. The van der Waals surface area contributed by atoms with Crippen molar-refractivity contribution in [1.29, 1.82) is 0 Å². The second-order valence-corrected chi connectivity index (χ2v) is 8.38. The molecule has 1 aliphatic rings. The molecule has 0 radical (unpaired) electrons. The van der Waals surface area contributed by atoms with Gasteiger partial charge in [-0.2, -0.15) is 0 Å². The smallest absolute Gasteiger partial charge is 0.295 e. The molecule has 0 saturated carbocycles. The van der Waals surface area contributed by atoms with Crippen LogP contribution < -0.4 is 4.74 Å². The first-order valence-corrected chi connectivity index (χ1v) is 11.5. The van der Waals surface area contributed by atoms with Gasteiger partial charge in [0.15, 0.2) is 0 Å². The van der Waals surface area contributed by atoms with Crippen molar-refractivity contribution in [2.24, 2.45) is 0 Å². The van der Waals surface area contributed by atoms with Gasteiger partial charge < -0.3 is 14.7 Å². The van der Waals surface area contributed by atoms with Crippen molar-refractivity contribution in [3.8, 4) is 5.75 Å². The van der Waals surface area contributed by atoms with Gasteiger partial charge in [0.25, 0.3) is 11.7 Å². The summed E-state index contributed by atoms with van der Waals surface area (Å²) in [6.45, 7) is 4.83. The molecule has 2 heterocycles. The van der Waals surface area contributed by atoms with Gasteiger partial charge in [-0.25, -0.2) is 0 Å². The van der Waals surface area contributed by atoms with Gasteiger partial charge in [0, 0.05) is 24.5 Å². The summed E-state index contributed by atoms with van der Waals surface area (Å²) in [7, 11) is 0. The van der Waals surface area contributed by atoms with E-state index in [4.69, 9.17) is 4.74 Å². The number of amides is 1. The number of aryl methyl sites for hydroxylation is 1. The van der Waals surface area contributed by atoms with E-state index in [0.717, 1.165) is 35.3 Å². The predicted molar refractivity (Wildman–Crippen MR) is 130 cm³/mol. The molecular formula is C28H28N2O4.